The first-order valence-electron chi connectivity index (χ1n) is 6.23. The van der Waals surface area contributed by atoms with E-state index in [0.717, 1.165) is 12.8 Å². The van der Waals surface area contributed by atoms with Crippen LogP contribution in [0.2, 0.25) is 0 Å². The van der Waals surface area contributed by atoms with Gasteiger partial charge in [0.1, 0.15) is 0 Å². The number of para-hydroxylation sites is 1. The number of hydrogen-bond acceptors (Lipinski definition) is 4. The molecule has 98 valence electrons. The molecule has 0 bridgehead atoms. The molecule has 0 N–H and O–H groups in total. The van der Waals surface area contributed by atoms with Crippen LogP contribution >= 0.6 is 0 Å². The first-order chi connectivity index (χ1) is 8.70. The highest BCUT2D eigenvalue weighted by Gasteiger charge is 2.21. The minimum atomic E-state index is -0.379. The first kappa shape index (κ1) is 12.7. The molecule has 1 saturated carbocycles. The molecule has 0 heterocycles. The highest BCUT2D eigenvalue weighted by molar-refractivity contribution is 5.72. The predicted molar refractivity (Wildman–Crippen MR) is 67.2 cm³/mol. The Morgan fingerprint density at radius 2 is 1.89 bits per heavy atom. The van der Waals surface area contributed by atoms with Crippen LogP contribution in [0.25, 0.3) is 0 Å². The molecule has 1 aliphatic rings. The molecular formula is C14H18O4. The average molecular weight is 250 g/mol. The monoisotopic (exact) mass is 250 g/mol. The van der Waals surface area contributed by atoms with Crippen molar-refractivity contribution in [2.24, 2.45) is 0 Å². The minimum absolute atomic E-state index is 0.214. The topological polar surface area (TPSA) is 44.8 Å². The lowest BCUT2D eigenvalue weighted by Crippen LogP contribution is -2.13. The molecule has 0 unspecified atom stereocenters. The predicted octanol–water partition coefficient (Wildman–Crippen LogP) is 2.94. The number of methoxy groups -OCH3 is 1. The molecule has 1 aliphatic carbocycles. The van der Waals surface area contributed by atoms with E-state index in [1.165, 1.54) is 19.8 Å². The Kier molecular flexibility index (Phi) is 4.07. The number of carbonyl (C=O) groups excluding carboxylic acids is 1. The van der Waals surface area contributed by atoms with Gasteiger partial charge in [-0.2, -0.15) is 0 Å². The highest BCUT2D eigenvalue weighted by atomic mass is 16.6. The SMILES string of the molecule is COc1cccc(OC2CCCC2)c1OC(C)=O. The molecule has 18 heavy (non-hydrogen) atoms. The van der Waals surface area contributed by atoms with Crippen LogP contribution in [0.1, 0.15) is 32.6 Å². The van der Waals surface area contributed by atoms with Gasteiger partial charge in [-0.15, -0.1) is 0 Å². The van der Waals surface area contributed by atoms with Crippen molar-refractivity contribution in [2.45, 2.75) is 38.7 Å². The number of ether oxygens (including phenoxy) is 3. The second-order valence-corrected chi connectivity index (χ2v) is 4.41. The Balaban J connectivity index is 2.23. The number of hydrogen-bond donors (Lipinski definition) is 0. The maximum atomic E-state index is 11.1. The van der Waals surface area contributed by atoms with Crippen molar-refractivity contribution in [1.29, 1.82) is 0 Å². The fourth-order valence-corrected chi connectivity index (χ4v) is 2.18. The van der Waals surface area contributed by atoms with Gasteiger partial charge in [-0.25, -0.2) is 0 Å². The zero-order valence-electron chi connectivity index (χ0n) is 10.8. The second-order valence-electron chi connectivity index (χ2n) is 4.41. The smallest absolute Gasteiger partial charge is 0.308 e. The molecule has 1 aromatic carbocycles. The highest BCUT2D eigenvalue weighted by Crippen LogP contribution is 2.39. The van der Waals surface area contributed by atoms with E-state index in [1.807, 2.05) is 6.07 Å². The van der Waals surface area contributed by atoms with E-state index in [-0.39, 0.29) is 12.1 Å². The molecule has 0 saturated heterocycles. The molecule has 0 aromatic heterocycles. The summed E-state index contributed by atoms with van der Waals surface area (Å²) < 4.78 is 16.3. The van der Waals surface area contributed by atoms with Gasteiger partial charge in [0.2, 0.25) is 5.75 Å². The Morgan fingerprint density at radius 1 is 1.22 bits per heavy atom. The molecular weight excluding hydrogens is 232 g/mol. The van der Waals surface area contributed by atoms with Crippen LogP contribution < -0.4 is 14.2 Å². The van der Waals surface area contributed by atoms with Gasteiger partial charge in [0.15, 0.2) is 11.5 Å². The Labute approximate surface area is 107 Å². The summed E-state index contributed by atoms with van der Waals surface area (Å²) in [5.74, 6) is 1.09. The van der Waals surface area contributed by atoms with E-state index < -0.39 is 0 Å². The number of benzene rings is 1. The van der Waals surface area contributed by atoms with Crippen molar-refractivity contribution in [3.8, 4) is 17.2 Å². The lowest BCUT2D eigenvalue weighted by atomic mass is 10.2. The van der Waals surface area contributed by atoms with Crippen molar-refractivity contribution in [1.82, 2.24) is 0 Å². The average Bonchev–Trinajstić information content (AvgIpc) is 2.83. The first-order valence-corrected chi connectivity index (χ1v) is 6.23. The number of rotatable bonds is 4. The van der Waals surface area contributed by atoms with Gasteiger partial charge >= 0.3 is 5.97 Å². The molecule has 4 nitrogen and oxygen atoms in total. The van der Waals surface area contributed by atoms with Crippen LogP contribution in [0.5, 0.6) is 17.2 Å². The summed E-state index contributed by atoms with van der Waals surface area (Å²) in [6.45, 7) is 1.37. The molecule has 2 rings (SSSR count). The van der Waals surface area contributed by atoms with Crippen LogP contribution in [0.3, 0.4) is 0 Å². The molecule has 1 aromatic rings. The second kappa shape index (κ2) is 5.76. The Bertz CT molecular complexity index is 422. The molecule has 0 atom stereocenters. The lowest BCUT2D eigenvalue weighted by molar-refractivity contribution is -0.132. The fourth-order valence-electron chi connectivity index (χ4n) is 2.18. The fraction of sp³-hybridized carbons (Fsp3) is 0.500. The molecule has 1 fully saturated rings. The van der Waals surface area contributed by atoms with Crippen LogP contribution in [0.15, 0.2) is 18.2 Å². The maximum absolute atomic E-state index is 11.1. The van der Waals surface area contributed by atoms with Crippen molar-refractivity contribution < 1.29 is 19.0 Å². The molecule has 0 aliphatic heterocycles. The Morgan fingerprint density at radius 3 is 2.50 bits per heavy atom. The van der Waals surface area contributed by atoms with Gasteiger partial charge in [-0.05, 0) is 37.8 Å². The lowest BCUT2D eigenvalue weighted by Gasteiger charge is -2.17. The zero-order valence-corrected chi connectivity index (χ0v) is 10.8. The van der Waals surface area contributed by atoms with E-state index in [4.69, 9.17) is 14.2 Å². The molecule has 0 radical (unpaired) electrons. The Hall–Kier alpha value is -1.71. The van der Waals surface area contributed by atoms with Gasteiger partial charge in [0, 0.05) is 6.92 Å². The summed E-state index contributed by atoms with van der Waals surface area (Å²) in [5.41, 5.74) is 0. The summed E-state index contributed by atoms with van der Waals surface area (Å²) >= 11 is 0. The van der Waals surface area contributed by atoms with Gasteiger partial charge in [-0.1, -0.05) is 6.07 Å². The van der Waals surface area contributed by atoms with Crippen LogP contribution in [-0.4, -0.2) is 19.2 Å². The van der Waals surface area contributed by atoms with Crippen molar-refractivity contribution in [3.05, 3.63) is 18.2 Å². The van der Waals surface area contributed by atoms with Crippen LogP contribution in [-0.2, 0) is 4.79 Å². The van der Waals surface area contributed by atoms with Crippen molar-refractivity contribution in [2.75, 3.05) is 7.11 Å². The third-order valence-electron chi connectivity index (χ3n) is 3.00. The van der Waals surface area contributed by atoms with E-state index in [9.17, 15) is 4.79 Å². The third-order valence-corrected chi connectivity index (χ3v) is 3.00. The van der Waals surface area contributed by atoms with E-state index >= 15 is 0 Å². The van der Waals surface area contributed by atoms with Crippen LogP contribution in [0, 0.1) is 0 Å². The quantitative estimate of drug-likeness (QED) is 0.608. The van der Waals surface area contributed by atoms with Gasteiger partial charge in [-0.3, -0.25) is 4.79 Å². The van der Waals surface area contributed by atoms with Crippen molar-refractivity contribution >= 4 is 5.97 Å². The normalized spacial score (nSPS) is 15.4. The van der Waals surface area contributed by atoms with Gasteiger partial charge < -0.3 is 14.2 Å². The molecule has 0 amide bonds. The third kappa shape index (κ3) is 2.94. The maximum Gasteiger partial charge on any atom is 0.308 e. The minimum Gasteiger partial charge on any atom is -0.493 e. The summed E-state index contributed by atoms with van der Waals surface area (Å²) in [5, 5.41) is 0. The van der Waals surface area contributed by atoms with Gasteiger partial charge in [0.05, 0.1) is 13.2 Å². The molecule has 0 spiro atoms. The van der Waals surface area contributed by atoms with E-state index in [2.05, 4.69) is 0 Å². The van der Waals surface area contributed by atoms with E-state index in [1.54, 1.807) is 19.2 Å². The zero-order chi connectivity index (χ0) is 13.0. The van der Waals surface area contributed by atoms with Crippen LogP contribution in [0.4, 0.5) is 0 Å². The summed E-state index contributed by atoms with van der Waals surface area (Å²) in [7, 11) is 1.54. The largest absolute Gasteiger partial charge is 0.493 e. The van der Waals surface area contributed by atoms with E-state index in [0.29, 0.717) is 17.2 Å². The summed E-state index contributed by atoms with van der Waals surface area (Å²) in [6.07, 6.45) is 4.70. The molecule has 4 heteroatoms. The standard InChI is InChI=1S/C14H18O4/c1-10(15)17-14-12(16-2)8-5-9-13(14)18-11-6-3-4-7-11/h5,8-9,11H,3-4,6-7H2,1-2H3. The number of esters is 1. The summed E-state index contributed by atoms with van der Waals surface area (Å²) in [4.78, 5) is 11.1. The number of carbonyl (C=O) groups is 1. The van der Waals surface area contributed by atoms with Gasteiger partial charge in [0.25, 0.3) is 0 Å². The van der Waals surface area contributed by atoms with Crippen molar-refractivity contribution in [3.63, 3.8) is 0 Å². The summed E-state index contributed by atoms with van der Waals surface area (Å²) in [6, 6.07) is 5.38.